The molecule has 0 bridgehead atoms. The Kier molecular flexibility index (Phi) is 74.6. The number of carbonyl (C=O) groups is 2. The van der Waals surface area contributed by atoms with Crippen LogP contribution in [-0.2, 0) is 32.7 Å². The molecular formula is C92H147NO8P+. The van der Waals surface area contributed by atoms with Gasteiger partial charge in [-0.2, -0.15) is 0 Å². The van der Waals surface area contributed by atoms with E-state index in [1.54, 1.807) is 0 Å². The molecule has 0 radical (unpaired) electrons. The summed E-state index contributed by atoms with van der Waals surface area (Å²) in [6.07, 6.45) is 127. The number of carbonyl (C=O) groups excluding carboxylic acids is 2. The van der Waals surface area contributed by atoms with Gasteiger partial charge in [-0.1, -0.05) is 341 Å². The van der Waals surface area contributed by atoms with Crippen LogP contribution in [0, 0.1) is 0 Å². The molecular weight excluding hydrogens is 1280 g/mol. The van der Waals surface area contributed by atoms with Crippen LogP contribution in [0.4, 0.5) is 0 Å². The van der Waals surface area contributed by atoms with E-state index in [9.17, 15) is 19.0 Å². The molecule has 10 heteroatoms. The summed E-state index contributed by atoms with van der Waals surface area (Å²) in [5.74, 6) is -0.822. The van der Waals surface area contributed by atoms with E-state index < -0.39 is 26.5 Å². The molecule has 572 valence electrons. The van der Waals surface area contributed by atoms with Crippen molar-refractivity contribution in [2.24, 2.45) is 0 Å². The van der Waals surface area contributed by atoms with Crippen LogP contribution in [0.2, 0.25) is 0 Å². The molecule has 0 aliphatic carbocycles. The fourth-order valence-corrected chi connectivity index (χ4v) is 10.9. The lowest BCUT2D eigenvalue weighted by Crippen LogP contribution is -2.37. The summed E-state index contributed by atoms with van der Waals surface area (Å²) in [4.78, 5) is 36.0. The van der Waals surface area contributed by atoms with Gasteiger partial charge in [-0.05, 0) is 161 Å². The van der Waals surface area contributed by atoms with Gasteiger partial charge in [-0.25, -0.2) is 4.57 Å². The van der Waals surface area contributed by atoms with Crippen molar-refractivity contribution in [2.45, 2.75) is 290 Å². The first-order valence-corrected chi connectivity index (χ1v) is 41.6. The molecule has 0 aromatic carbocycles. The van der Waals surface area contributed by atoms with Crippen molar-refractivity contribution in [3.63, 3.8) is 0 Å². The number of hydrogen-bond acceptors (Lipinski definition) is 7. The van der Waals surface area contributed by atoms with Crippen LogP contribution in [0.15, 0.2) is 231 Å². The van der Waals surface area contributed by atoms with Gasteiger partial charge in [0.2, 0.25) is 0 Å². The predicted octanol–water partition coefficient (Wildman–Crippen LogP) is 27.3. The maximum absolute atomic E-state index is 12.9. The van der Waals surface area contributed by atoms with Crippen molar-refractivity contribution >= 4 is 19.8 Å². The van der Waals surface area contributed by atoms with E-state index >= 15 is 0 Å². The zero-order valence-electron chi connectivity index (χ0n) is 65.2. The van der Waals surface area contributed by atoms with Gasteiger partial charge in [0, 0.05) is 12.8 Å². The molecule has 0 aromatic heterocycles. The Bertz CT molecular complexity index is 2580. The monoisotopic (exact) mass is 1430 g/mol. The molecule has 0 aliphatic rings. The number of hydrogen-bond donors (Lipinski definition) is 1. The number of unbranched alkanes of at least 4 members (excludes halogenated alkanes) is 19. The molecule has 9 nitrogen and oxygen atoms in total. The van der Waals surface area contributed by atoms with Crippen molar-refractivity contribution in [3.8, 4) is 0 Å². The molecule has 0 saturated heterocycles. The number of allylic oxidation sites excluding steroid dienone is 38. The standard InChI is InChI=1S/C92H146NO8P/c1-6-8-10-12-14-16-18-20-22-24-26-28-30-32-34-36-38-40-42-44-45-46-47-49-51-53-55-57-59-61-63-65-67-69-71-73-75-77-79-81-83-85-92(95)101-90(89-100-102(96,97)99-87-86-93(3,4)5)88-98-91(94)84-82-80-78-76-74-72-70-68-66-64-62-60-58-56-54-52-50-48-43-41-39-37-35-33-31-29-27-25-23-21-19-17-15-13-11-9-7-2/h8-11,14-17,20-23,26-29,32-35,38-41,44-45,47-50,53-56,59-62,90H,6-7,12-13,18-19,24-25,30-31,36-37,42-43,46,51-52,57-58,63-89H2,1-5H3/p+1/b10-8-,11-9-,16-14-,17-15-,22-20-,23-21-,28-26-,29-27-,34-32-,35-33-,40-38-,41-39-,45-44-,49-47-,50-48-,55-53-,56-54-,61-59-,62-60-. The van der Waals surface area contributed by atoms with Gasteiger partial charge >= 0.3 is 19.8 Å². The minimum absolute atomic E-state index is 0.0185. The van der Waals surface area contributed by atoms with E-state index in [0.29, 0.717) is 17.4 Å². The second-order valence-corrected chi connectivity index (χ2v) is 28.4. The summed E-state index contributed by atoms with van der Waals surface area (Å²) >= 11 is 0. The van der Waals surface area contributed by atoms with Crippen LogP contribution in [0.25, 0.3) is 0 Å². The third-order valence-electron chi connectivity index (χ3n) is 16.2. The zero-order valence-corrected chi connectivity index (χ0v) is 66.1. The number of likely N-dealkylation sites (N-methyl/N-ethyl adjacent to an activating group) is 1. The lowest BCUT2D eigenvalue weighted by molar-refractivity contribution is -0.870. The average Bonchev–Trinajstić information content (AvgIpc) is 0.916. The molecule has 0 saturated carbocycles. The Morgan fingerprint density at radius 3 is 0.784 bits per heavy atom. The number of phosphoric acid groups is 1. The minimum atomic E-state index is -4.42. The van der Waals surface area contributed by atoms with Crippen LogP contribution in [0.5, 0.6) is 0 Å². The molecule has 0 aliphatic heterocycles. The zero-order chi connectivity index (χ0) is 74.0. The van der Waals surface area contributed by atoms with Crippen molar-refractivity contribution in [2.75, 3.05) is 47.5 Å². The van der Waals surface area contributed by atoms with Gasteiger partial charge in [0.15, 0.2) is 6.10 Å². The molecule has 2 atom stereocenters. The second-order valence-electron chi connectivity index (χ2n) is 27.0. The number of quaternary nitrogens is 1. The van der Waals surface area contributed by atoms with E-state index in [-0.39, 0.29) is 32.0 Å². The molecule has 2 unspecified atom stereocenters. The van der Waals surface area contributed by atoms with E-state index in [4.69, 9.17) is 18.5 Å². The highest BCUT2D eigenvalue weighted by molar-refractivity contribution is 7.47. The van der Waals surface area contributed by atoms with E-state index in [0.717, 1.165) is 180 Å². The number of nitrogens with zero attached hydrogens (tertiary/aromatic N) is 1. The lowest BCUT2D eigenvalue weighted by Gasteiger charge is -2.24. The lowest BCUT2D eigenvalue weighted by atomic mass is 10.0. The molecule has 102 heavy (non-hydrogen) atoms. The third-order valence-corrected chi connectivity index (χ3v) is 17.2. The highest BCUT2D eigenvalue weighted by Crippen LogP contribution is 2.43. The topological polar surface area (TPSA) is 108 Å². The summed E-state index contributed by atoms with van der Waals surface area (Å²) in [5.41, 5.74) is 0. The predicted molar refractivity (Wildman–Crippen MR) is 444 cm³/mol. The number of ether oxygens (including phenoxy) is 2. The smallest absolute Gasteiger partial charge is 0.462 e. The maximum Gasteiger partial charge on any atom is 0.472 e. The number of phosphoric ester groups is 1. The minimum Gasteiger partial charge on any atom is -0.462 e. The van der Waals surface area contributed by atoms with Gasteiger partial charge < -0.3 is 18.9 Å². The van der Waals surface area contributed by atoms with Crippen molar-refractivity contribution < 1.29 is 42.1 Å². The molecule has 0 aromatic rings. The van der Waals surface area contributed by atoms with Gasteiger partial charge in [-0.3, -0.25) is 18.6 Å². The number of esters is 2. The van der Waals surface area contributed by atoms with Crippen molar-refractivity contribution in [1.82, 2.24) is 0 Å². The average molecular weight is 1430 g/mol. The molecule has 1 N–H and O–H groups in total. The molecule has 0 heterocycles. The Morgan fingerprint density at radius 1 is 0.304 bits per heavy atom. The van der Waals surface area contributed by atoms with E-state index in [2.05, 4.69) is 245 Å². The first kappa shape index (κ1) is 96.1. The summed E-state index contributed by atoms with van der Waals surface area (Å²) in [6.45, 7) is 4.18. The summed E-state index contributed by atoms with van der Waals surface area (Å²) < 4.78 is 34.8. The highest BCUT2D eigenvalue weighted by Gasteiger charge is 2.27. The van der Waals surface area contributed by atoms with Gasteiger partial charge in [0.25, 0.3) is 0 Å². The summed E-state index contributed by atoms with van der Waals surface area (Å²) in [7, 11) is 1.44. The summed E-state index contributed by atoms with van der Waals surface area (Å²) in [5, 5.41) is 0. The Labute approximate surface area is 626 Å². The normalized spacial score (nSPS) is 14.3. The SMILES string of the molecule is CC/C=C\C/C=C\C/C=C\C/C=C\C/C=C\C/C=C\C/C=C\C/C=C\C/C=C\C/C=C\CCCCCCCCCCCCC(=O)OC(COC(=O)CCCCCCCCCCC/C=C\C/C=C\C/C=C\C/C=C\C/C=C\C/C=C\C/C=C\C/C=C\C/C=C\CC)COP(=O)(O)OCC[N+](C)(C)C. The third kappa shape index (κ3) is 83.0. The fourth-order valence-electron chi connectivity index (χ4n) is 10.2. The van der Waals surface area contributed by atoms with Crippen LogP contribution < -0.4 is 0 Å². The Balaban J connectivity index is 4.11. The van der Waals surface area contributed by atoms with Crippen LogP contribution in [0.1, 0.15) is 284 Å². The molecule has 0 rings (SSSR count). The Morgan fingerprint density at radius 2 is 0.529 bits per heavy atom. The number of rotatable bonds is 71. The van der Waals surface area contributed by atoms with Crippen molar-refractivity contribution in [3.05, 3.63) is 231 Å². The Hall–Kier alpha value is -5.93. The summed E-state index contributed by atoms with van der Waals surface area (Å²) in [6, 6.07) is 0. The molecule has 0 fully saturated rings. The molecule has 0 amide bonds. The van der Waals surface area contributed by atoms with Gasteiger partial charge in [-0.15, -0.1) is 0 Å². The highest BCUT2D eigenvalue weighted by atomic mass is 31.2. The second kappa shape index (κ2) is 79.2. The van der Waals surface area contributed by atoms with Crippen LogP contribution in [0.3, 0.4) is 0 Å². The fraction of sp³-hybridized carbons (Fsp3) is 0.565. The van der Waals surface area contributed by atoms with Crippen LogP contribution in [-0.4, -0.2) is 74.9 Å². The van der Waals surface area contributed by atoms with Crippen LogP contribution >= 0.6 is 7.82 Å². The largest absolute Gasteiger partial charge is 0.472 e. The van der Waals surface area contributed by atoms with Gasteiger partial charge in [0.05, 0.1) is 27.7 Å². The van der Waals surface area contributed by atoms with E-state index in [1.807, 2.05) is 21.1 Å². The maximum atomic E-state index is 12.9. The van der Waals surface area contributed by atoms with Gasteiger partial charge in [0.1, 0.15) is 19.8 Å². The van der Waals surface area contributed by atoms with Crippen molar-refractivity contribution in [1.29, 1.82) is 0 Å². The van der Waals surface area contributed by atoms with E-state index in [1.165, 1.54) is 70.6 Å². The first-order valence-electron chi connectivity index (χ1n) is 40.1. The first-order chi connectivity index (χ1) is 50.0. The molecule has 0 spiro atoms. The quantitative estimate of drug-likeness (QED) is 0.0211.